The lowest BCUT2D eigenvalue weighted by Gasteiger charge is -2.33. The molecule has 0 atom stereocenters. The number of carbonyl (C=O) groups excluding carboxylic acids is 1. The Morgan fingerprint density at radius 3 is 2.44 bits per heavy atom. The molecule has 3 aromatic rings. The molecule has 2 heterocycles. The predicted octanol–water partition coefficient (Wildman–Crippen LogP) is 3.69. The number of hydrogen-bond donors (Lipinski definition) is 0. The summed E-state index contributed by atoms with van der Waals surface area (Å²) in [6.07, 6.45) is -0.234. The van der Waals surface area contributed by atoms with Gasteiger partial charge in [0.25, 0.3) is 0 Å². The Morgan fingerprint density at radius 2 is 1.63 bits per heavy atom. The zero-order valence-corrected chi connectivity index (χ0v) is 15.3. The van der Waals surface area contributed by atoms with E-state index in [0.29, 0.717) is 19.7 Å². The van der Waals surface area contributed by atoms with E-state index >= 15 is 0 Å². The number of carbonyl (C=O) groups is 1. The van der Waals surface area contributed by atoms with Crippen molar-refractivity contribution in [2.24, 2.45) is 0 Å². The van der Waals surface area contributed by atoms with Crippen molar-refractivity contribution in [2.45, 2.75) is 13.2 Å². The summed E-state index contributed by atoms with van der Waals surface area (Å²) < 4.78 is 5.43. The third-order valence-electron chi connectivity index (χ3n) is 4.88. The molecule has 4 rings (SSSR count). The van der Waals surface area contributed by atoms with E-state index in [1.54, 1.807) is 4.90 Å². The molecule has 0 saturated carbocycles. The van der Waals surface area contributed by atoms with Crippen LogP contribution in [0.4, 0.5) is 4.79 Å². The number of hydrogen-bond acceptors (Lipinski definition) is 4. The number of rotatable bonds is 4. The molecular weight excluding hydrogens is 338 g/mol. The van der Waals surface area contributed by atoms with Crippen molar-refractivity contribution in [3.05, 3.63) is 78.0 Å². The van der Waals surface area contributed by atoms with E-state index in [9.17, 15) is 4.79 Å². The molecule has 0 bridgehead atoms. The van der Waals surface area contributed by atoms with Gasteiger partial charge in [0.1, 0.15) is 6.61 Å². The standard InChI is InChI=1S/C22H23N3O2/c26-22(27-17-18-6-2-1-3-7-18)25-14-12-24(13-15-25)16-20-11-10-19-8-4-5-9-21(19)23-20/h1-11H,12-17H2. The molecule has 1 fully saturated rings. The first kappa shape index (κ1) is 17.5. The molecule has 0 spiro atoms. The summed E-state index contributed by atoms with van der Waals surface area (Å²) in [5.74, 6) is 0. The molecule has 1 aliphatic heterocycles. The van der Waals surface area contributed by atoms with Gasteiger partial charge in [-0.15, -0.1) is 0 Å². The number of ether oxygens (including phenoxy) is 1. The first-order valence-corrected chi connectivity index (χ1v) is 9.30. The van der Waals surface area contributed by atoms with Gasteiger partial charge in [-0.1, -0.05) is 54.6 Å². The van der Waals surface area contributed by atoms with Crippen LogP contribution in [0.2, 0.25) is 0 Å². The fraction of sp³-hybridized carbons (Fsp3) is 0.273. The summed E-state index contributed by atoms with van der Waals surface area (Å²) in [5.41, 5.74) is 3.10. The summed E-state index contributed by atoms with van der Waals surface area (Å²) in [6, 6.07) is 22.1. The van der Waals surface area contributed by atoms with Crippen LogP contribution in [-0.4, -0.2) is 47.1 Å². The van der Waals surface area contributed by atoms with Crippen LogP contribution in [0.5, 0.6) is 0 Å². The summed E-state index contributed by atoms with van der Waals surface area (Å²) in [4.78, 5) is 21.1. The highest BCUT2D eigenvalue weighted by atomic mass is 16.6. The Hall–Kier alpha value is -2.92. The van der Waals surface area contributed by atoms with E-state index in [1.165, 1.54) is 0 Å². The van der Waals surface area contributed by atoms with Crippen molar-refractivity contribution < 1.29 is 9.53 Å². The molecule has 138 valence electrons. The van der Waals surface area contributed by atoms with Gasteiger partial charge < -0.3 is 9.64 Å². The molecule has 0 unspecified atom stereocenters. The summed E-state index contributed by atoms with van der Waals surface area (Å²) in [6.45, 7) is 4.14. The van der Waals surface area contributed by atoms with Gasteiger partial charge in [-0.25, -0.2) is 4.79 Å². The number of piperazine rings is 1. The van der Waals surface area contributed by atoms with E-state index in [4.69, 9.17) is 9.72 Å². The number of amides is 1. The zero-order valence-electron chi connectivity index (χ0n) is 15.3. The van der Waals surface area contributed by atoms with Gasteiger partial charge in [0, 0.05) is 38.1 Å². The molecule has 5 heteroatoms. The molecule has 0 aliphatic carbocycles. The van der Waals surface area contributed by atoms with Gasteiger partial charge in [0.2, 0.25) is 0 Å². The van der Waals surface area contributed by atoms with Crippen molar-refractivity contribution in [1.29, 1.82) is 0 Å². The second-order valence-electron chi connectivity index (χ2n) is 6.80. The highest BCUT2D eigenvalue weighted by Gasteiger charge is 2.22. The van der Waals surface area contributed by atoms with Gasteiger partial charge in [0.05, 0.1) is 11.2 Å². The molecule has 5 nitrogen and oxygen atoms in total. The van der Waals surface area contributed by atoms with Crippen molar-refractivity contribution in [2.75, 3.05) is 26.2 Å². The van der Waals surface area contributed by atoms with Crippen molar-refractivity contribution in [3.8, 4) is 0 Å². The quantitative estimate of drug-likeness (QED) is 0.711. The Morgan fingerprint density at radius 1 is 0.889 bits per heavy atom. The highest BCUT2D eigenvalue weighted by Crippen LogP contribution is 2.14. The minimum Gasteiger partial charge on any atom is -0.445 e. The van der Waals surface area contributed by atoms with Gasteiger partial charge in [-0.2, -0.15) is 0 Å². The normalized spacial score (nSPS) is 15.0. The number of pyridine rings is 1. The monoisotopic (exact) mass is 361 g/mol. The average Bonchev–Trinajstić information content (AvgIpc) is 2.73. The van der Waals surface area contributed by atoms with E-state index in [1.807, 2.05) is 48.5 Å². The number of aromatic nitrogens is 1. The lowest BCUT2D eigenvalue weighted by molar-refractivity contribution is 0.0698. The van der Waals surface area contributed by atoms with Crippen LogP contribution in [-0.2, 0) is 17.9 Å². The first-order chi connectivity index (χ1) is 13.3. The summed E-state index contributed by atoms with van der Waals surface area (Å²) >= 11 is 0. The van der Waals surface area contributed by atoms with Crippen LogP contribution in [0.1, 0.15) is 11.3 Å². The number of para-hydroxylation sites is 1. The molecule has 27 heavy (non-hydrogen) atoms. The number of benzene rings is 2. The molecule has 2 aromatic carbocycles. The lowest BCUT2D eigenvalue weighted by atomic mass is 10.2. The molecule has 1 amide bonds. The van der Waals surface area contributed by atoms with E-state index in [0.717, 1.165) is 41.8 Å². The van der Waals surface area contributed by atoms with Gasteiger partial charge >= 0.3 is 6.09 Å². The van der Waals surface area contributed by atoms with Crippen molar-refractivity contribution in [1.82, 2.24) is 14.8 Å². The molecular formula is C22H23N3O2. The van der Waals surface area contributed by atoms with Crippen molar-refractivity contribution >= 4 is 17.0 Å². The third-order valence-corrected chi connectivity index (χ3v) is 4.88. The SMILES string of the molecule is O=C(OCc1ccccc1)N1CCN(Cc2ccc3ccccc3n2)CC1. The van der Waals surface area contributed by atoms with E-state index < -0.39 is 0 Å². The molecule has 1 aliphatic rings. The van der Waals surface area contributed by atoms with Crippen LogP contribution >= 0.6 is 0 Å². The van der Waals surface area contributed by atoms with Crippen LogP contribution in [0.25, 0.3) is 10.9 Å². The van der Waals surface area contributed by atoms with Gasteiger partial charge in [0.15, 0.2) is 0 Å². The second-order valence-corrected chi connectivity index (χ2v) is 6.80. The first-order valence-electron chi connectivity index (χ1n) is 9.30. The Kier molecular flexibility index (Phi) is 5.30. The van der Waals surface area contributed by atoms with Gasteiger partial charge in [-0.3, -0.25) is 9.88 Å². The Bertz CT molecular complexity index is 906. The minimum absolute atomic E-state index is 0.234. The number of fused-ring (bicyclic) bond motifs is 1. The van der Waals surface area contributed by atoms with Crippen molar-refractivity contribution in [3.63, 3.8) is 0 Å². The highest BCUT2D eigenvalue weighted by molar-refractivity contribution is 5.78. The minimum atomic E-state index is -0.234. The van der Waals surface area contributed by atoms with E-state index in [2.05, 4.69) is 23.1 Å². The zero-order chi connectivity index (χ0) is 18.5. The van der Waals surface area contributed by atoms with Crippen LogP contribution < -0.4 is 0 Å². The topological polar surface area (TPSA) is 45.7 Å². The molecule has 1 saturated heterocycles. The maximum absolute atomic E-state index is 12.3. The third kappa shape index (κ3) is 4.44. The Labute approximate surface area is 159 Å². The summed E-state index contributed by atoms with van der Waals surface area (Å²) in [7, 11) is 0. The smallest absolute Gasteiger partial charge is 0.410 e. The number of nitrogens with zero attached hydrogens (tertiary/aromatic N) is 3. The average molecular weight is 361 g/mol. The molecule has 0 radical (unpaired) electrons. The molecule has 0 N–H and O–H groups in total. The fourth-order valence-electron chi connectivity index (χ4n) is 3.32. The fourth-order valence-corrected chi connectivity index (χ4v) is 3.32. The molecule has 1 aromatic heterocycles. The summed E-state index contributed by atoms with van der Waals surface area (Å²) in [5, 5.41) is 1.16. The maximum atomic E-state index is 12.3. The van der Waals surface area contributed by atoms with Crippen LogP contribution in [0, 0.1) is 0 Å². The predicted molar refractivity (Wildman–Crippen MR) is 105 cm³/mol. The lowest BCUT2D eigenvalue weighted by Crippen LogP contribution is -2.48. The van der Waals surface area contributed by atoms with Gasteiger partial charge in [-0.05, 0) is 17.7 Å². The largest absolute Gasteiger partial charge is 0.445 e. The Balaban J connectivity index is 1.27. The maximum Gasteiger partial charge on any atom is 0.410 e. The second kappa shape index (κ2) is 8.18. The van der Waals surface area contributed by atoms with E-state index in [-0.39, 0.29) is 6.09 Å². The van der Waals surface area contributed by atoms with Crippen LogP contribution in [0.3, 0.4) is 0 Å². The van der Waals surface area contributed by atoms with Crippen LogP contribution in [0.15, 0.2) is 66.7 Å².